The summed E-state index contributed by atoms with van der Waals surface area (Å²) in [4.78, 5) is 13.1. The summed E-state index contributed by atoms with van der Waals surface area (Å²) in [7, 11) is 3.94. The Kier molecular flexibility index (Phi) is 4.62. The number of aromatic carboxylic acids is 1. The number of hydrogen-bond donors (Lipinski definition) is 1. The van der Waals surface area contributed by atoms with Crippen molar-refractivity contribution in [2.24, 2.45) is 5.92 Å². The molecule has 1 rings (SSSR count). The van der Waals surface area contributed by atoms with Crippen LogP contribution in [0.4, 0.5) is 0 Å². The van der Waals surface area contributed by atoms with E-state index in [1.807, 2.05) is 19.0 Å². The molecule has 6 heteroatoms. The summed E-state index contributed by atoms with van der Waals surface area (Å²) >= 11 is 0. The van der Waals surface area contributed by atoms with Gasteiger partial charge >= 0.3 is 5.97 Å². The highest BCUT2D eigenvalue weighted by Gasteiger charge is 2.19. The van der Waals surface area contributed by atoms with E-state index >= 15 is 0 Å². The first kappa shape index (κ1) is 13.6. The van der Waals surface area contributed by atoms with Crippen LogP contribution in [0.1, 0.15) is 30.0 Å². The van der Waals surface area contributed by atoms with E-state index in [0.29, 0.717) is 24.6 Å². The predicted molar refractivity (Wildman–Crippen MR) is 64.1 cm³/mol. The van der Waals surface area contributed by atoms with Gasteiger partial charge in [-0.15, -0.1) is 5.10 Å². The van der Waals surface area contributed by atoms with E-state index in [1.165, 1.54) is 0 Å². The molecule has 0 aromatic carbocycles. The molecular weight excluding hydrogens is 220 g/mol. The third-order valence-electron chi connectivity index (χ3n) is 2.40. The fraction of sp³-hybridized carbons (Fsp3) is 0.727. The Hall–Kier alpha value is -1.43. The van der Waals surface area contributed by atoms with Gasteiger partial charge in [0.15, 0.2) is 5.69 Å². The van der Waals surface area contributed by atoms with Crippen LogP contribution in [0.5, 0.6) is 0 Å². The normalized spacial score (nSPS) is 11.4. The number of hydrogen-bond acceptors (Lipinski definition) is 4. The van der Waals surface area contributed by atoms with Crippen molar-refractivity contribution in [1.29, 1.82) is 0 Å². The number of carbonyl (C=O) groups is 1. The van der Waals surface area contributed by atoms with Crippen LogP contribution in [0, 0.1) is 5.92 Å². The fourth-order valence-electron chi connectivity index (χ4n) is 1.56. The molecule has 1 heterocycles. The highest BCUT2D eigenvalue weighted by Crippen LogP contribution is 2.12. The molecule has 1 aromatic rings. The van der Waals surface area contributed by atoms with Crippen molar-refractivity contribution in [3.8, 4) is 0 Å². The molecule has 0 spiro atoms. The largest absolute Gasteiger partial charge is 0.476 e. The average Bonchev–Trinajstić information content (AvgIpc) is 2.57. The highest BCUT2D eigenvalue weighted by molar-refractivity contribution is 5.86. The monoisotopic (exact) mass is 240 g/mol. The van der Waals surface area contributed by atoms with Crippen LogP contribution >= 0.6 is 0 Å². The standard InChI is InChI=1S/C11H20N4O2/c1-8(2)7-9-10(11(16)17)12-13-15(9)6-5-14(3)4/h8H,5-7H2,1-4H3,(H,16,17). The van der Waals surface area contributed by atoms with E-state index < -0.39 is 5.97 Å². The molecule has 0 aliphatic rings. The first-order chi connectivity index (χ1) is 7.91. The molecule has 0 radical (unpaired) electrons. The van der Waals surface area contributed by atoms with Crippen molar-refractivity contribution in [2.75, 3.05) is 20.6 Å². The zero-order valence-corrected chi connectivity index (χ0v) is 10.8. The summed E-state index contributed by atoms with van der Waals surface area (Å²) in [6, 6.07) is 0. The van der Waals surface area contributed by atoms with E-state index in [-0.39, 0.29) is 5.69 Å². The lowest BCUT2D eigenvalue weighted by Crippen LogP contribution is -2.21. The summed E-state index contributed by atoms with van der Waals surface area (Å²) < 4.78 is 1.70. The van der Waals surface area contributed by atoms with Gasteiger partial charge in [-0.3, -0.25) is 0 Å². The Morgan fingerprint density at radius 1 is 1.47 bits per heavy atom. The molecule has 0 amide bonds. The summed E-state index contributed by atoms with van der Waals surface area (Å²) in [5.74, 6) is -0.624. The van der Waals surface area contributed by atoms with Crippen LogP contribution in [0.3, 0.4) is 0 Å². The second-order valence-electron chi connectivity index (χ2n) is 4.81. The number of rotatable bonds is 6. The second kappa shape index (κ2) is 5.77. The van der Waals surface area contributed by atoms with Crippen LogP contribution in [0.2, 0.25) is 0 Å². The van der Waals surface area contributed by atoms with Gasteiger partial charge in [0.25, 0.3) is 0 Å². The molecule has 17 heavy (non-hydrogen) atoms. The fourth-order valence-corrected chi connectivity index (χ4v) is 1.56. The van der Waals surface area contributed by atoms with E-state index in [0.717, 1.165) is 6.54 Å². The van der Waals surface area contributed by atoms with E-state index in [9.17, 15) is 4.79 Å². The lowest BCUT2D eigenvalue weighted by Gasteiger charge is -2.12. The molecule has 6 nitrogen and oxygen atoms in total. The zero-order valence-electron chi connectivity index (χ0n) is 10.8. The maximum absolute atomic E-state index is 11.0. The van der Waals surface area contributed by atoms with Crippen molar-refractivity contribution in [3.63, 3.8) is 0 Å². The maximum Gasteiger partial charge on any atom is 0.358 e. The Balaban J connectivity index is 2.92. The average molecular weight is 240 g/mol. The zero-order chi connectivity index (χ0) is 13.0. The molecule has 0 unspecified atom stereocenters. The van der Waals surface area contributed by atoms with Crippen molar-refractivity contribution >= 4 is 5.97 Å². The van der Waals surface area contributed by atoms with Crippen molar-refractivity contribution in [1.82, 2.24) is 19.9 Å². The highest BCUT2D eigenvalue weighted by atomic mass is 16.4. The molecule has 0 fully saturated rings. The number of aromatic nitrogens is 3. The van der Waals surface area contributed by atoms with Gasteiger partial charge in [-0.1, -0.05) is 19.1 Å². The SMILES string of the molecule is CC(C)Cc1c(C(=O)O)nnn1CCN(C)C. The number of likely N-dealkylation sites (N-methyl/N-ethyl adjacent to an activating group) is 1. The van der Waals surface area contributed by atoms with Crippen LogP contribution in [0.15, 0.2) is 0 Å². The lowest BCUT2D eigenvalue weighted by molar-refractivity contribution is 0.0689. The molecule has 0 aliphatic carbocycles. The molecule has 1 aromatic heterocycles. The number of nitrogens with zero attached hydrogens (tertiary/aromatic N) is 4. The minimum atomic E-state index is -1.00. The topological polar surface area (TPSA) is 71.2 Å². The van der Waals surface area contributed by atoms with Crippen LogP contribution in [0.25, 0.3) is 0 Å². The predicted octanol–water partition coefficient (Wildman–Crippen LogP) is 0.736. The Bertz CT molecular complexity index is 385. The van der Waals surface area contributed by atoms with E-state index in [2.05, 4.69) is 24.2 Å². The summed E-state index contributed by atoms with van der Waals surface area (Å²) in [6.45, 7) is 5.58. The molecule has 1 N–H and O–H groups in total. The van der Waals surface area contributed by atoms with Gasteiger partial charge in [0.1, 0.15) is 0 Å². The summed E-state index contributed by atoms with van der Waals surface area (Å²) in [5, 5.41) is 16.7. The first-order valence-electron chi connectivity index (χ1n) is 5.72. The van der Waals surface area contributed by atoms with Gasteiger partial charge in [0.05, 0.1) is 12.2 Å². The van der Waals surface area contributed by atoms with Crippen LogP contribution in [-0.2, 0) is 13.0 Å². The maximum atomic E-state index is 11.0. The lowest BCUT2D eigenvalue weighted by atomic mass is 10.1. The van der Waals surface area contributed by atoms with Gasteiger partial charge in [-0.25, -0.2) is 9.48 Å². The second-order valence-corrected chi connectivity index (χ2v) is 4.81. The van der Waals surface area contributed by atoms with Crippen molar-refractivity contribution < 1.29 is 9.90 Å². The molecule has 0 atom stereocenters. The molecule has 96 valence electrons. The number of carboxylic acid groups (broad SMARTS) is 1. The van der Waals surface area contributed by atoms with E-state index in [1.54, 1.807) is 4.68 Å². The number of carboxylic acids is 1. The van der Waals surface area contributed by atoms with Gasteiger partial charge in [-0.2, -0.15) is 0 Å². The molecule has 0 saturated carbocycles. The Labute approximate surface area is 101 Å². The molecule has 0 saturated heterocycles. The Morgan fingerprint density at radius 3 is 2.59 bits per heavy atom. The molecule has 0 aliphatic heterocycles. The smallest absolute Gasteiger partial charge is 0.358 e. The van der Waals surface area contributed by atoms with Crippen LogP contribution < -0.4 is 0 Å². The van der Waals surface area contributed by atoms with Crippen molar-refractivity contribution in [2.45, 2.75) is 26.8 Å². The van der Waals surface area contributed by atoms with Gasteiger partial charge in [0.2, 0.25) is 0 Å². The minimum Gasteiger partial charge on any atom is -0.476 e. The summed E-state index contributed by atoms with van der Waals surface area (Å²) in [5.41, 5.74) is 0.798. The Morgan fingerprint density at radius 2 is 2.12 bits per heavy atom. The van der Waals surface area contributed by atoms with Gasteiger partial charge < -0.3 is 10.0 Å². The van der Waals surface area contributed by atoms with Gasteiger partial charge in [-0.05, 0) is 26.4 Å². The van der Waals surface area contributed by atoms with Crippen LogP contribution in [-0.4, -0.2) is 51.6 Å². The molecule has 0 bridgehead atoms. The third kappa shape index (κ3) is 3.81. The molecular formula is C11H20N4O2. The van der Waals surface area contributed by atoms with E-state index in [4.69, 9.17) is 5.11 Å². The third-order valence-corrected chi connectivity index (χ3v) is 2.40. The minimum absolute atomic E-state index is 0.0810. The van der Waals surface area contributed by atoms with Gasteiger partial charge in [0, 0.05) is 6.54 Å². The quantitative estimate of drug-likeness (QED) is 0.794. The summed E-state index contributed by atoms with van der Waals surface area (Å²) in [6.07, 6.45) is 0.683. The van der Waals surface area contributed by atoms with Crippen molar-refractivity contribution in [3.05, 3.63) is 11.4 Å². The first-order valence-corrected chi connectivity index (χ1v) is 5.72.